The number of imidazole rings is 1. The molecule has 0 unspecified atom stereocenters. The second-order valence-corrected chi connectivity index (χ2v) is 8.17. The Hall–Kier alpha value is -1.69. The van der Waals surface area contributed by atoms with Gasteiger partial charge in [0, 0.05) is 30.7 Å². The van der Waals surface area contributed by atoms with E-state index in [4.69, 9.17) is 0 Å². The summed E-state index contributed by atoms with van der Waals surface area (Å²) >= 11 is 1.69. The quantitative estimate of drug-likeness (QED) is 0.853. The van der Waals surface area contributed by atoms with Gasteiger partial charge >= 0.3 is 5.69 Å². The van der Waals surface area contributed by atoms with Crippen molar-refractivity contribution in [2.75, 3.05) is 5.32 Å². The molecule has 2 rings (SSSR count). The standard InChI is InChI=1S/C17H25N3O2S/c1-10(2)7-16(21)18-12-8-13-14(9-15(12)23-11(3)4)20(6)17(22)19(13)5/h8-11H,7H2,1-6H3,(H,18,21). The Morgan fingerprint density at radius 3 is 2.22 bits per heavy atom. The molecule has 0 saturated heterocycles. The van der Waals surface area contributed by atoms with Gasteiger partial charge in [0.25, 0.3) is 0 Å². The molecule has 1 aromatic carbocycles. The molecule has 0 atom stereocenters. The molecule has 1 aromatic heterocycles. The Morgan fingerprint density at radius 1 is 1.13 bits per heavy atom. The maximum Gasteiger partial charge on any atom is 0.328 e. The van der Waals surface area contributed by atoms with Crippen molar-refractivity contribution in [1.82, 2.24) is 9.13 Å². The number of amides is 1. The van der Waals surface area contributed by atoms with Crippen molar-refractivity contribution in [3.05, 3.63) is 22.6 Å². The van der Waals surface area contributed by atoms with Gasteiger partial charge in [0.05, 0.1) is 16.7 Å². The number of aromatic nitrogens is 2. The van der Waals surface area contributed by atoms with E-state index in [9.17, 15) is 9.59 Å². The molecule has 0 aliphatic carbocycles. The molecule has 1 amide bonds. The van der Waals surface area contributed by atoms with Crippen LogP contribution in [0.4, 0.5) is 5.69 Å². The Balaban J connectivity index is 2.53. The molecular weight excluding hydrogens is 310 g/mol. The Labute approximate surface area is 141 Å². The number of thioether (sulfide) groups is 1. The van der Waals surface area contributed by atoms with Gasteiger partial charge in [-0.2, -0.15) is 0 Å². The van der Waals surface area contributed by atoms with Gasteiger partial charge in [-0.05, 0) is 18.1 Å². The predicted octanol–water partition coefficient (Wildman–Crippen LogP) is 3.36. The van der Waals surface area contributed by atoms with Gasteiger partial charge in [0.1, 0.15) is 0 Å². The lowest BCUT2D eigenvalue weighted by atomic mass is 10.1. The van der Waals surface area contributed by atoms with Crippen LogP contribution < -0.4 is 11.0 Å². The zero-order valence-corrected chi connectivity index (χ0v) is 15.5. The van der Waals surface area contributed by atoms with E-state index < -0.39 is 0 Å². The van der Waals surface area contributed by atoms with Crippen LogP contribution in [-0.4, -0.2) is 20.3 Å². The van der Waals surface area contributed by atoms with E-state index in [2.05, 4.69) is 19.2 Å². The summed E-state index contributed by atoms with van der Waals surface area (Å²) in [6, 6.07) is 3.89. The average Bonchev–Trinajstić information content (AvgIpc) is 2.63. The summed E-state index contributed by atoms with van der Waals surface area (Å²) in [5, 5.41) is 3.39. The topological polar surface area (TPSA) is 56.0 Å². The molecule has 0 radical (unpaired) electrons. The lowest BCUT2D eigenvalue weighted by molar-refractivity contribution is -0.116. The summed E-state index contributed by atoms with van der Waals surface area (Å²) in [5.74, 6) is 0.312. The molecule has 126 valence electrons. The minimum atomic E-state index is -0.0637. The normalized spacial score (nSPS) is 11.7. The van der Waals surface area contributed by atoms with Gasteiger partial charge in [-0.15, -0.1) is 11.8 Å². The molecule has 1 heterocycles. The number of fused-ring (bicyclic) bond motifs is 1. The summed E-state index contributed by atoms with van der Waals surface area (Å²) in [4.78, 5) is 25.3. The van der Waals surface area contributed by atoms with Crippen molar-refractivity contribution in [1.29, 1.82) is 0 Å². The second-order valence-electron chi connectivity index (χ2n) is 6.55. The van der Waals surface area contributed by atoms with Crippen molar-refractivity contribution in [2.45, 2.75) is 44.3 Å². The molecule has 0 saturated carbocycles. The zero-order chi connectivity index (χ0) is 17.3. The molecule has 23 heavy (non-hydrogen) atoms. The van der Waals surface area contributed by atoms with E-state index in [1.54, 1.807) is 35.0 Å². The summed E-state index contributed by atoms with van der Waals surface area (Å²) in [7, 11) is 3.52. The van der Waals surface area contributed by atoms with Gasteiger partial charge in [-0.25, -0.2) is 4.79 Å². The van der Waals surface area contributed by atoms with E-state index in [-0.39, 0.29) is 11.6 Å². The number of aryl methyl sites for hydroxylation is 2. The number of nitrogens with one attached hydrogen (secondary N) is 1. The lowest BCUT2D eigenvalue weighted by Crippen LogP contribution is -2.19. The second kappa shape index (κ2) is 6.83. The van der Waals surface area contributed by atoms with Gasteiger partial charge < -0.3 is 5.32 Å². The van der Waals surface area contributed by atoms with Crippen LogP contribution in [0, 0.1) is 5.92 Å². The first-order valence-electron chi connectivity index (χ1n) is 7.86. The van der Waals surface area contributed by atoms with Crippen molar-refractivity contribution >= 4 is 34.4 Å². The fourth-order valence-corrected chi connectivity index (χ4v) is 3.47. The van der Waals surface area contributed by atoms with Crippen molar-refractivity contribution < 1.29 is 4.79 Å². The van der Waals surface area contributed by atoms with Gasteiger partial charge in [0.15, 0.2) is 0 Å². The van der Waals surface area contributed by atoms with Crippen LogP contribution in [0.2, 0.25) is 0 Å². The Morgan fingerprint density at radius 2 is 1.70 bits per heavy atom. The number of carbonyl (C=O) groups excluding carboxylic acids is 1. The van der Waals surface area contributed by atoms with Crippen LogP contribution in [0.5, 0.6) is 0 Å². The predicted molar refractivity (Wildman–Crippen MR) is 97.2 cm³/mol. The highest BCUT2D eigenvalue weighted by Crippen LogP contribution is 2.34. The molecule has 0 aliphatic rings. The van der Waals surface area contributed by atoms with E-state index in [0.717, 1.165) is 21.6 Å². The van der Waals surface area contributed by atoms with Crippen molar-refractivity contribution in [3.8, 4) is 0 Å². The fourth-order valence-electron chi connectivity index (χ4n) is 2.55. The average molecular weight is 335 g/mol. The van der Waals surface area contributed by atoms with E-state index in [1.807, 2.05) is 26.0 Å². The number of carbonyl (C=O) groups is 1. The number of hydrogen-bond donors (Lipinski definition) is 1. The summed E-state index contributed by atoms with van der Waals surface area (Å²) in [6.45, 7) is 8.26. The molecule has 0 aliphatic heterocycles. The van der Waals surface area contributed by atoms with Crippen LogP contribution >= 0.6 is 11.8 Å². The number of rotatable bonds is 5. The van der Waals surface area contributed by atoms with Crippen LogP contribution in [0.3, 0.4) is 0 Å². The highest BCUT2D eigenvalue weighted by Gasteiger charge is 2.16. The molecular formula is C17H25N3O2S. The number of benzene rings is 1. The fraction of sp³-hybridized carbons (Fsp3) is 0.529. The van der Waals surface area contributed by atoms with Crippen LogP contribution in [0.15, 0.2) is 21.8 Å². The number of nitrogens with zero attached hydrogens (tertiary/aromatic N) is 2. The third-order valence-electron chi connectivity index (χ3n) is 3.60. The van der Waals surface area contributed by atoms with E-state index in [0.29, 0.717) is 17.6 Å². The van der Waals surface area contributed by atoms with Crippen molar-refractivity contribution in [2.24, 2.45) is 20.0 Å². The highest BCUT2D eigenvalue weighted by molar-refractivity contribution is 8.00. The van der Waals surface area contributed by atoms with Crippen molar-refractivity contribution in [3.63, 3.8) is 0 Å². The minimum Gasteiger partial charge on any atom is -0.325 e. The maximum absolute atomic E-state index is 12.2. The maximum atomic E-state index is 12.2. The largest absolute Gasteiger partial charge is 0.328 e. The third-order valence-corrected chi connectivity index (χ3v) is 4.67. The Kier molecular flexibility index (Phi) is 5.24. The first-order valence-corrected chi connectivity index (χ1v) is 8.74. The minimum absolute atomic E-state index is 0.00545. The lowest BCUT2D eigenvalue weighted by Gasteiger charge is -2.14. The van der Waals surface area contributed by atoms with Crippen LogP contribution in [0.1, 0.15) is 34.1 Å². The highest BCUT2D eigenvalue weighted by atomic mass is 32.2. The SMILES string of the molecule is CC(C)CC(=O)Nc1cc2c(cc1SC(C)C)n(C)c(=O)n2C. The molecule has 0 fully saturated rings. The number of hydrogen-bond acceptors (Lipinski definition) is 3. The van der Waals surface area contributed by atoms with Gasteiger partial charge in [-0.1, -0.05) is 27.7 Å². The summed E-state index contributed by atoms with van der Waals surface area (Å²) in [6.07, 6.45) is 0.484. The van der Waals surface area contributed by atoms with E-state index >= 15 is 0 Å². The molecule has 2 aromatic rings. The van der Waals surface area contributed by atoms with Gasteiger partial charge in [0.2, 0.25) is 5.91 Å². The molecule has 0 bridgehead atoms. The first-order chi connectivity index (χ1) is 10.7. The zero-order valence-electron chi connectivity index (χ0n) is 14.6. The molecule has 6 heteroatoms. The number of anilines is 1. The van der Waals surface area contributed by atoms with E-state index in [1.165, 1.54) is 0 Å². The summed E-state index contributed by atoms with van der Waals surface area (Å²) in [5.41, 5.74) is 2.42. The van der Waals surface area contributed by atoms with Crippen LogP contribution in [-0.2, 0) is 18.9 Å². The third kappa shape index (κ3) is 3.80. The Bertz CT molecular complexity index is 787. The monoisotopic (exact) mass is 335 g/mol. The van der Waals surface area contributed by atoms with Gasteiger partial charge in [-0.3, -0.25) is 13.9 Å². The molecule has 1 N–H and O–H groups in total. The molecule has 0 spiro atoms. The van der Waals surface area contributed by atoms with Crippen LogP contribution in [0.25, 0.3) is 11.0 Å². The summed E-state index contributed by atoms with van der Waals surface area (Å²) < 4.78 is 3.25. The smallest absolute Gasteiger partial charge is 0.325 e. The first kappa shape index (κ1) is 17.7. The molecule has 5 nitrogen and oxygen atoms in total.